The lowest BCUT2D eigenvalue weighted by Gasteiger charge is -2.36. The van der Waals surface area contributed by atoms with Crippen LogP contribution in [0.5, 0.6) is 11.5 Å². The molecule has 3 aromatic carbocycles. The lowest BCUT2D eigenvalue weighted by Crippen LogP contribution is -2.46. The summed E-state index contributed by atoms with van der Waals surface area (Å²) in [7, 11) is 1.66. The number of alkyl halides is 3. The van der Waals surface area contributed by atoms with E-state index in [2.05, 4.69) is 22.8 Å². The van der Waals surface area contributed by atoms with Crippen LogP contribution >= 0.6 is 23.1 Å². The molecule has 0 amide bonds. The molecule has 244 valence electrons. The number of ether oxygens (including phenoxy) is 2. The topological polar surface area (TPSA) is 75.1 Å². The number of anilines is 1. The fourth-order valence-electron chi connectivity index (χ4n) is 5.27. The van der Waals surface area contributed by atoms with Crippen LogP contribution in [0.15, 0.2) is 71.6 Å². The molecule has 5 rings (SSSR count). The first kappa shape index (κ1) is 33.6. The molecule has 7 nitrogen and oxygen atoms in total. The number of benzene rings is 3. The first-order chi connectivity index (χ1) is 22.1. The zero-order valence-corrected chi connectivity index (χ0v) is 27.3. The van der Waals surface area contributed by atoms with Gasteiger partial charge in [0.05, 0.1) is 18.4 Å². The molecule has 1 saturated heterocycles. The summed E-state index contributed by atoms with van der Waals surface area (Å²) in [5, 5.41) is 9.72. The minimum atomic E-state index is -4.40. The maximum Gasteiger partial charge on any atom is 0.416 e. The number of carboxylic acid groups (broad SMARTS) is 1. The van der Waals surface area contributed by atoms with Gasteiger partial charge in [-0.15, -0.1) is 23.1 Å². The molecule has 0 spiro atoms. The highest BCUT2D eigenvalue weighted by Gasteiger charge is 2.30. The second-order valence-electron chi connectivity index (χ2n) is 10.9. The highest BCUT2D eigenvalue weighted by Crippen LogP contribution is 2.37. The third-order valence-electron chi connectivity index (χ3n) is 7.67. The zero-order valence-electron chi connectivity index (χ0n) is 25.7. The number of nitrogens with zero attached hydrogens (tertiary/aromatic N) is 3. The number of aryl methyl sites for hydroxylation is 1. The van der Waals surface area contributed by atoms with E-state index >= 15 is 0 Å². The van der Waals surface area contributed by atoms with E-state index in [0.717, 1.165) is 83.6 Å². The number of methoxy groups -OCH3 is 1. The van der Waals surface area contributed by atoms with Crippen LogP contribution in [-0.2, 0) is 29.7 Å². The van der Waals surface area contributed by atoms with Crippen molar-refractivity contribution in [1.29, 1.82) is 0 Å². The number of carbonyl (C=O) groups is 1. The Bertz CT molecular complexity index is 1620. The molecule has 1 fully saturated rings. The molecule has 2 heterocycles. The van der Waals surface area contributed by atoms with Gasteiger partial charge in [-0.25, -0.2) is 9.78 Å². The third kappa shape index (κ3) is 8.74. The first-order valence-electron chi connectivity index (χ1n) is 15.0. The van der Waals surface area contributed by atoms with Gasteiger partial charge in [0.25, 0.3) is 0 Å². The Kier molecular flexibility index (Phi) is 11.1. The molecular formula is C34H36F3N3O4S2. The van der Waals surface area contributed by atoms with Crippen molar-refractivity contribution in [3.63, 3.8) is 0 Å². The van der Waals surface area contributed by atoms with Crippen molar-refractivity contribution in [3.05, 3.63) is 88.4 Å². The summed E-state index contributed by atoms with van der Waals surface area (Å²) in [6.45, 7) is 5.69. The fraction of sp³-hybridized carbons (Fsp3) is 0.353. The number of rotatable bonds is 13. The number of hydrogen-bond acceptors (Lipinski definition) is 8. The van der Waals surface area contributed by atoms with E-state index in [0.29, 0.717) is 28.6 Å². The summed E-state index contributed by atoms with van der Waals surface area (Å²) in [4.78, 5) is 22.8. The van der Waals surface area contributed by atoms with Gasteiger partial charge in [0.15, 0.2) is 6.61 Å². The average Bonchev–Trinajstić information content (AvgIpc) is 3.45. The van der Waals surface area contributed by atoms with Crippen LogP contribution in [0.25, 0.3) is 10.6 Å². The van der Waals surface area contributed by atoms with Gasteiger partial charge in [-0.2, -0.15) is 13.2 Å². The second-order valence-corrected chi connectivity index (χ2v) is 13.1. The summed E-state index contributed by atoms with van der Waals surface area (Å²) in [5.74, 6) is 1.01. The van der Waals surface area contributed by atoms with Crippen molar-refractivity contribution in [2.45, 2.75) is 43.1 Å². The molecule has 0 aliphatic carbocycles. The van der Waals surface area contributed by atoms with Crippen molar-refractivity contribution in [2.24, 2.45) is 0 Å². The maximum absolute atomic E-state index is 13.2. The van der Waals surface area contributed by atoms with Gasteiger partial charge >= 0.3 is 12.1 Å². The van der Waals surface area contributed by atoms with Gasteiger partial charge in [-0.05, 0) is 54.4 Å². The molecule has 1 aromatic heterocycles. The molecule has 0 bridgehead atoms. The molecule has 1 aliphatic rings. The quantitative estimate of drug-likeness (QED) is 0.144. The number of piperazine rings is 1. The van der Waals surface area contributed by atoms with E-state index in [9.17, 15) is 18.0 Å². The Morgan fingerprint density at radius 3 is 2.48 bits per heavy atom. The Balaban J connectivity index is 1.33. The lowest BCUT2D eigenvalue weighted by atomic mass is 10.1. The Hall–Kier alpha value is -3.74. The predicted octanol–water partition coefficient (Wildman–Crippen LogP) is 7.87. The largest absolute Gasteiger partial charge is 0.497 e. The van der Waals surface area contributed by atoms with Crippen LogP contribution in [0, 0.1) is 0 Å². The molecule has 0 unspecified atom stereocenters. The Labute approximate surface area is 275 Å². The van der Waals surface area contributed by atoms with Crippen LogP contribution in [0.4, 0.5) is 18.9 Å². The smallest absolute Gasteiger partial charge is 0.416 e. The van der Waals surface area contributed by atoms with Crippen molar-refractivity contribution in [1.82, 2.24) is 9.88 Å². The number of halogens is 3. The van der Waals surface area contributed by atoms with E-state index in [1.165, 1.54) is 23.5 Å². The maximum atomic E-state index is 13.2. The summed E-state index contributed by atoms with van der Waals surface area (Å²) < 4.78 is 50.5. The molecule has 0 atom stereocenters. The van der Waals surface area contributed by atoms with Crippen LogP contribution < -0.4 is 14.4 Å². The van der Waals surface area contributed by atoms with Crippen molar-refractivity contribution >= 4 is 34.8 Å². The molecule has 0 radical (unpaired) electrons. The fourth-order valence-corrected chi connectivity index (χ4v) is 7.41. The Morgan fingerprint density at radius 2 is 1.80 bits per heavy atom. The van der Waals surface area contributed by atoms with E-state index in [1.54, 1.807) is 18.9 Å². The first-order valence-corrected chi connectivity index (χ1v) is 16.8. The monoisotopic (exact) mass is 671 g/mol. The number of thiazole rings is 1. The van der Waals surface area contributed by atoms with Crippen LogP contribution in [0.1, 0.15) is 35.0 Å². The van der Waals surface area contributed by atoms with Crippen LogP contribution in [0.3, 0.4) is 0 Å². The number of hydrogen-bond donors (Lipinski definition) is 1. The van der Waals surface area contributed by atoms with Gasteiger partial charge in [0, 0.05) is 65.6 Å². The van der Waals surface area contributed by atoms with E-state index in [1.807, 2.05) is 36.4 Å². The number of aromatic nitrogens is 1. The van der Waals surface area contributed by atoms with Crippen LogP contribution in [0.2, 0.25) is 0 Å². The number of thioether (sulfide) groups is 1. The highest BCUT2D eigenvalue weighted by atomic mass is 32.2. The van der Waals surface area contributed by atoms with Gasteiger partial charge in [-0.1, -0.05) is 31.5 Å². The van der Waals surface area contributed by atoms with E-state index in [4.69, 9.17) is 19.6 Å². The third-order valence-corrected chi connectivity index (χ3v) is 10.0. The van der Waals surface area contributed by atoms with Crippen molar-refractivity contribution in [2.75, 3.05) is 44.8 Å². The second kappa shape index (κ2) is 15.2. The minimum Gasteiger partial charge on any atom is -0.497 e. The molecule has 46 heavy (non-hydrogen) atoms. The van der Waals surface area contributed by atoms with E-state index in [-0.39, 0.29) is 0 Å². The zero-order chi connectivity index (χ0) is 32.7. The normalized spacial score (nSPS) is 14.0. The predicted molar refractivity (Wildman–Crippen MR) is 176 cm³/mol. The van der Waals surface area contributed by atoms with Gasteiger partial charge in [0.1, 0.15) is 16.5 Å². The average molecular weight is 672 g/mol. The summed E-state index contributed by atoms with van der Waals surface area (Å²) in [6, 6.07) is 19.0. The SMILES string of the molecule is CCCc1cc(SCc2sc(-c3ccc(C(F)(F)F)cc3)nc2CN2CCN(c3cccc(OC)c3)CC2)ccc1OCC(=O)O. The molecule has 4 aromatic rings. The number of aliphatic carboxylic acids is 1. The van der Waals surface area contributed by atoms with Crippen LogP contribution in [-0.4, -0.2) is 60.9 Å². The van der Waals surface area contributed by atoms with E-state index < -0.39 is 24.3 Å². The molecule has 12 heteroatoms. The molecule has 0 saturated carbocycles. The molecular weight excluding hydrogens is 636 g/mol. The lowest BCUT2D eigenvalue weighted by molar-refractivity contribution is -0.139. The minimum absolute atomic E-state index is 0.395. The van der Waals surface area contributed by atoms with Gasteiger partial charge < -0.3 is 19.5 Å². The standard InChI is InChI=1S/C34H36F3N3O4S2/c1-3-5-24-18-28(12-13-30(24)44-21-32(41)42)45-22-31-29(38-33(46-31)23-8-10-25(11-9-23)34(35,36)37)20-39-14-16-40(17-15-39)26-6-4-7-27(19-26)43-2/h4,6-13,18-19H,3,5,14-17,20-22H2,1-2H3,(H,41,42). The summed E-state index contributed by atoms with van der Waals surface area (Å²) in [5.41, 5.74) is 2.98. The Morgan fingerprint density at radius 1 is 1.04 bits per heavy atom. The van der Waals surface area contributed by atoms with Gasteiger partial charge in [-0.3, -0.25) is 4.90 Å². The number of carboxylic acids is 1. The van der Waals surface area contributed by atoms with Crippen molar-refractivity contribution < 1.29 is 32.5 Å². The highest BCUT2D eigenvalue weighted by molar-refractivity contribution is 7.98. The molecule has 1 aliphatic heterocycles. The van der Waals surface area contributed by atoms with Gasteiger partial charge in [0.2, 0.25) is 0 Å². The summed E-state index contributed by atoms with van der Waals surface area (Å²) in [6.07, 6.45) is -2.75. The van der Waals surface area contributed by atoms with Crippen molar-refractivity contribution in [3.8, 4) is 22.1 Å². The summed E-state index contributed by atoms with van der Waals surface area (Å²) >= 11 is 3.16. The molecule has 1 N–H and O–H groups in total.